The van der Waals surface area contributed by atoms with Gasteiger partial charge in [0.25, 0.3) is 0 Å². The molecule has 0 fully saturated rings. The van der Waals surface area contributed by atoms with Gasteiger partial charge in [-0.3, -0.25) is 4.79 Å². The summed E-state index contributed by atoms with van der Waals surface area (Å²) in [5.74, 6) is 0. The Bertz CT molecular complexity index is 95.5. The average molecular weight is 257 g/mol. The number of hydrogen-bond acceptors (Lipinski definition) is 5. The summed E-state index contributed by atoms with van der Waals surface area (Å²) < 4.78 is 0. The molecule has 0 unspecified atom stereocenters. The van der Waals surface area contributed by atoms with Crippen LogP contribution in [0.1, 0.15) is 0 Å². The molecule has 14 heavy (non-hydrogen) atoms. The molecule has 0 aliphatic carbocycles. The first-order valence-corrected chi connectivity index (χ1v) is 3.84. The van der Waals surface area contributed by atoms with Crippen LogP contribution in [0.4, 0.5) is 0 Å². The Balaban J connectivity index is -0.0000000178. The van der Waals surface area contributed by atoms with Gasteiger partial charge in [-0.05, 0) is 0 Å². The summed E-state index contributed by atoms with van der Waals surface area (Å²) in [5.41, 5.74) is 0. The van der Waals surface area contributed by atoms with Gasteiger partial charge in [0.05, 0.1) is 0 Å². The van der Waals surface area contributed by atoms with Crippen molar-refractivity contribution in [1.82, 2.24) is 4.90 Å². The number of nitrogens with zero attached hydrogens (tertiary/aromatic N) is 1. The zero-order valence-electron chi connectivity index (χ0n) is 9.57. The van der Waals surface area contributed by atoms with Gasteiger partial charge in [0, 0.05) is 14.1 Å². The van der Waals surface area contributed by atoms with Gasteiger partial charge in [-0.1, -0.05) is 0 Å². The van der Waals surface area contributed by atoms with E-state index >= 15 is 0 Å². The summed E-state index contributed by atoms with van der Waals surface area (Å²) in [6.45, 7) is 0. The Hall–Kier alpha value is 3.53. The normalized spacial score (nSPS) is 6.71. The number of rotatable bonds is 1. The van der Waals surface area contributed by atoms with E-state index in [2.05, 4.69) is 0 Å². The molecule has 0 heterocycles. The molecule has 0 aliphatic rings. The number of carbonyl (C=O) groups excluding carboxylic acids is 1. The molecule has 0 saturated carbocycles. The van der Waals surface area contributed by atoms with E-state index in [-0.39, 0.29) is 118 Å². The van der Waals surface area contributed by atoms with E-state index in [0.717, 1.165) is 6.41 Å². The van der Waals surface area contributed by atoms with Crippen LogP contribution in [-0.4, -0.2) is 34.5 Å². The summed E-state index contributed by atoms with van der Waals surface area (Å²) >= 11 is 0. The summed E-state index contributed by atoms with van der Waals surface area (Å²) in [6.07, 6.45) is 0.750. The Morgan fingerprint density at radius 2 is 1.00 bits per heavy atom. The van der Waals surface area contributed by atoms with Crippen LogP contribution in [-0.2, 0) is 4.79 Å². The Kier molecular flexibility index (Phi) is 56.0. The van der Waals surface area contributed by atoms with Crippen molar-refractivity contribution in [3.63, 3.8) is 0 Å². The molecule has 0 rings (SSSR count). The third-order valence-electron chi connectivity index (χ3n) is 0.211. The molecule has 0 radical (unpaired) electrons. The van der Waals surface area contributed by atoms with E-state index in [0.29, 0.717) is 0 Å². The quantitative estimate of drug-likeness (QED) is 0.342. The van der Waals surface area contributed by atoms with Crippen molar-refractivity contribution in [2.24, 2.45) is 0 Å². The fourth-order valence-corrected chi connectivity index (χ4v) is 0. The predicted octanol–water partition coefficient (Wildman–Crippen LogP) is -17.4. The molecule has 0 N–H and O–H groups in total. The first-order chi connectivity index (χ1) is 4.27. The maximum Gasteiger partial charge on any atom is 1.00 e. The molecule has 0 saturated heterocycles. The molecule has 0 atom stereocenters. The number of amides is 1. The van der Waals surface area contributed by atoms with Gasteiger partial charge in [-0.25, -0.2) is 0 Å². The zero-order chi connectivity index (χ0) is 8.78. The van der Waals surface area contributed by atoms with Gasteiger partial charge in [0.2, 0.25) is 6.41 Å². The Labute approximate surface area is 173 Å². The van der Waals surface area contributed by atoms with Crippen molar-refractivity contribution in [3.8, 4) is 0 Å². The molecular formula is C3H7NNa4O5Si. The van der Waals surface area contributed by atoms with Gasteiger partial charge in [-0.2, -0.15) is 0 Å². The molecule has 0 aromatic heterocycles. The van der Waals surface area contributed by atoms with Crippen molar-refractivity contribution in [3.05, 3.63) is 0 Å². The number of hydrogen-bond donors (Lipinski definition) is 0. The molecule has 0 aromatic carbocycles. The van der Waals surface area contributed by atoms with Crippen molar-refractivity contribution in [2.45, 2.75) is 0 Å². The van der Waals surface area contributed by atoms with E-state index in [4.69, 9.17) is 19.2 Å². The smallest absolute Gasteiger partial charge is 0.894 e. The van der Waals surface area contributed by atoms with Gasteiger partial charge in [-0.15, -0.1) is 0 Å². The molecule has 11 heteroatoms. The van der Waals surface area contributed by atoms with Gasteiger partial charge >= 0.3 is 118 Å². The van der Waals surface area contributed by atoms with Crippen molar-refractivity contribution in [1.29, 1.82) is 0 Å². The van der Waals surface area contributed by atoms with Crippen molar-refractivity contribution >= 4 is 15.5 Å². The standard InChI is InChI=1S/C3H7NO.4Na.O4Si/c1-4(2)3-5;;;;;1-5(2,3)4/h3H,1-2H3;;;;;/q;4*+1;-4. The fraction of sp³-hybridized carbons (Fsp3) is 0.667. The fourth-order valence-electron chi connectivity index (χ4n) is 0. The molecule has 6 nitrogen and oxygen atoms in total. The van der Waals surface area contributed by atoms with Crippen LogP contribution in [0.25, 0.3) is 0 Å². The van der Waals surface area contributed by atoms with E-state index in [9.17, 15) is 4.79 Å². The van der Waals surface area contributed by atoms with Crippen LogP contribution >= 0.6 is 0 Å². The molecule has 0 spiro atoms. The minimum absolute atomic E-state index is 0. The van der Waals surface area contributed by atoms with Crippen molar-refractivity contribution in [2.75, 3.05) is 14.1 Å². The van der Waals surface area contributed by atoms with E-state index < -0.39 is 9.05 Å². The maximum atomic E-state index is 9.43. The van der Waals surface area contributed by atoms with E-state index in [1.807, 2.05) is 0 Å². The Morgan fingerprint density at radius 1 is 0.929 bits per heavy atom. The topological polar surface area (TPSA) is 113 Å². The first kappa shape index (κ1) is 36.0. The second-order valence-corrected chi connectivity index (χ2v) is 2.57. The summed E-state index contributed by atoms with van der Waals surface area (Å²) in [6, 6.07) is 0. The van der Waals surface area contributed by atoms with Crippen molar-refractivity contribution < 1.29 is 142 Å². The molecule has 62 valence electrons. The molecule has 0 aliphatic heterocycles. The summed E-state index contributed by atoms with van der Waals surface area (Å²) in [7, 11) is -2.24. The van der Waals surface area contributed by atoms with Crippen LogP contribution in [0.5, 0.6) is 0 Å². The average Bonchev–Trinajstić information content (AvgIpc) is 1.61. The third kappa shape index (κ3) is 107. The largest absolute Gasteiger partial charge is 1.00 e. The van der Waals surface area contributed by atoms with Gasteiger partial charge in [0.15, 0.2) is 0 Å². The van der Waals surface area contributed by atoms with E-state index in [1.54, 1.807) is 14.1 Å². The summed E-state index contributed by atoms with van der Waals surface area (Å²) in [5, 5.41) is 0. The minimum Gasteiger partial charge on any atom is -0.894 e. The van der Waals surface area contributed by atoms with Crippen LogP contribution in [0.3, 0.4) is 0 Å². The second kappa shape index (κ2) is 21.8. The van der Waals surface area contributed by atoms with Gasteiger partial charge < -0.3 is 33.1 Å². The van der Waals surface area contributed by atoms with Crippen LogP contribution < -0.4 is 137 Å². The summed E-state index contributed by atoms with van der Waals surface area (Å²) in [4.78, 5) is 45.2. The first-order valence-electron chi connectivity index (χ1n) is 2.20. The molecular weight excluding hydrogens is 250 g/mol. The second-order valence-electron chi connectivity index (χ2n) is 1.57. The van der Waals surface area contributed by atoms with Crippen LogP contribution in [0, 0.1) is 0 Å². The zero-order valence-corrected chi connectivity index (χ0v) is 18.6. The third-order valence-corrected chi connectivity index (χ3v) is 0.211. The minimum atomic E-state index is -5.61. The van der Waals surface area contributed by atoms with Gasteiger partial charge in [0.1, 0.15) is 0 Å². The van der Waals surface area contributed by atoms with Crippen LogP contribution in [0.2, 0.25) is 0 Å². The maximum absolute atomic E-state index is 9.43. The Morgan fingerprint density at radius 3 is 1.00 bits per heavy atom. The molecule has 0 bridgehead atoms. The SMILES string of the molecule is CN(C)C=O.[Na+].[Na+].[Na+].[Na+].[O-][Si]([O-])([O-])[O-]. The molecule has 0 aromatic rings. The predicted molar refractivity (Wildman–Crippen MR) is 25.5 cm³/mol. The molecule has 1 amide bonds. The monoisotopic (exact) mass is 257 g/mol. The van der Waals surface area contributed by atoms with Crippen LogP contribution in [0.15, 0.2) is 0 Å². The van der Waals surface area contributed by atoms with E-state index in [1.165, 1.54) is 4.90 Å². The number of carbonyl (C=O) groups is 1.